The van der Waals surface area contributed by atoms with E-state index in [9.17, 15) is 4.79 Å². The summed E-state index contributed by atoms with van der Waals surface area (Å²) in [6.07, 6.45) is 1.65. The zero-order chi connectivity index (χ0) is 13.7. The molecular formula is C13H13ClN2O2S. The Morgan fingerprint density at radius 1 is 1.53 bits per heavy atom. The summed E-state index contributed by atoms with van der Waals surface area (Å²) < 4.78 is 5.07. The van der Waals surface area contributed by atoms with Gasteiger partial charge in [0.25, 0.3) is 0 Å². The summed E-state index contributed by atoms with van der Waals surface area (Å²) >= 11 is 7.48. The maximum atomic E-state index is 12.0. The van der Waals surface area contributed by atoms with E-state index in [1.165, 1.54) is 11.3 Å². The lowest BCUT2D eigenvalue weighted by molar-refractivity contribution is -0.144. The Morgan fingerprint density at radius 3 is 2.95 bits per heavy atom. The molecule has 100 valence electrons. The van der Waals surface area contributed by atoms with E-state index in [0.717, 1.165) is 4.88 Å². The first kappa shape index (κ1) is 13.8. The topological polar surface area (TPSA) is 51.2 Å². The van der Waals surface area contributed by atoms with E-state index in [1.807, 2.05) is 18.2 Å². The molecule has 0 amide bonds. The van der Waals surface area contributed by atoms with Gasteiger partial charge in [-0.05, 0) is 19.1 Å². The van der Waals surface area contributed by atoms with Crippen LogP contribution in [0, 0.1) is 0 Å². The van der Waals surface area contributed by atoms with Crippen molar-refractivity contribution in [2.75, 3.05) is 11.9 Å². The van der Waals surface area contributed by atoms with Crippen LogP contribution in [0.1, 0.15) is 17.8 Å². The Hall–Kier alpha value is -1.59. The zero-order valence-electron chi connectivity index (χ0n) is 10.3. The van der Waals surface area contributed by atoms with Crippen molar-refractivity contribution in [3.05, 3.63) is 45.9 Å². The summed E-state index contributed by atoms with van der Waals surface area (Å²) in [5.41, 5.74) is 2.37. The predicted octanol–water partition coefficient (Wildman–Crippen LogP) is 3.51. The average Bonchev–Trinajstić information content (AvgIpc) is 2.91. The number of carbonyl (C=O) groups excluding carboxylic acids is 1. The van der Waals surface area contributed by atoms with Crippen LogP contribution in [0.2, 0.25) is 5.02 Å². The molecule has 6 heteroatoms. The fourth-order valence-electron chi connectivity index (χ4n) is 1.57. The van der Waals surface area contributed by atoms with Crippen LogP contribution in [-0.4, -0.2) is 17.6 Å². The Kier molecular flexibility index (Phi) is 4.76. The van der Waals surface area contributed by atoms with Crippen molar-refractivity contribution in [3.63, 3.8) is 0 Å². The highest BCUT2D eigenvalue weighted by atomic mass is 35.5. The SMILES string of the molecule is CCOC(=O)C(Nc1ccccc1Cl)c1cncs1. The van der Waals surface area contributed by atoms with Crippen molar-refractivity contribution in [2.24, 2.45) is 0 Å². The number of nitrogens with one attached hydrogen (secondary N) is 1. The van der Waals surface area contributed by atoms with E-state index in [1.54, 1.807) is 24.7 Å². The van der Waals surface area contributed by atoms with Crippen LogP contribution >= 0.6 is 22.9 Å². The highest BCUT2D eigenvalue weighted by Gasteiger charge is 2.24. The van der Waals surface area contributed by atoms with Gasteiger partial charge in [0.1, 0.15) is 0 Å². The summed E-state index contributed by atoms with van der Waals surface area (Å²) in [6, 6.07) is 6.67. The first-order valence-corrected chi connectivity index (χ1v) is 7.04. The molecule has 2 rings (SSSR count). The quantitative estimate of drug-likeness (QED) is 0.858. The molecule has 0 bridgehead atoms. The van der Waals surface area contributed by atoms with Crippen molar-refractivity contribution in [1.29, 1.82) is 0 Å². The number of thiazole rings is 1. The fourth-order valence-corrected chi connectivity index (χ4v) is 2.42. The summed E-state index contributed by atoms with van der Waals surface area (Å²) in [5, 5.41) is 3.65. The van der Waals surface area contributed by atoms with Crippen LogP contribution in [0.5, 0.6) is 0 Å². The molecule has 1 aromatic carbocycles. The number of para-hydroxylation sites is 1. The number of halogens is 1. The molecule has 0 aliphatic carbocycles. The van der Waals surface area contributed by atoms with E-state index in [4.69, 9.17) is 16.3 Å². The van der Waals surface area contributed by atoms with Gasteiger partial charge in [-0.1, -0.05) is 23.7 Å². The third-order valence-electron chi connectivity index (χ3n) is 2.43. The molecular weight excluding hydrogens is 284 g/mol. The second-order valence-electron chi connectivity index (χ2n) is 3.71. The molecule has 1 N–H and O–H groups in total. The maximum Gasteiger partial charge on any atom is 0.334 e. The van der Waals surface area contributed by atoms with Crippen molar-refractivity contribution in [2.45, 2.75) is 13.0 Å². The monoisotopic (exact) mass is 296 g/mol. The number of esters is 1. The van der Waals surface area contributed by atoms with E-state index in [2.05, 4.69) is 10.3 Å². The van der Waals surface area contributed by atoms with Crippen molar-refractivity contribution >= 4 is 34.6 Å². The summed E-state index contributed by atoms with van der Waals surface area (Å²) in [4.78, 5) is 16.8. The minimum atomic E-state index is -0.590. The van der Waals surface area contributed by atoms with Crippen LogP contribution < -0.4 is 5.32 Å². The highest BCUT2D eigenvalue weighted by molar-refractivity contribution is 7.09. The Labute approximate surface area is 120 Å². The summed E-state index contributed by atoms with van der Waals surface area (Å²) in [6.45, 7) is 2.11. The second-order valence-corrected chi connectivity index (χ2v) is 5.04. The van der Waals surface area contributed by atoms with E-state index in [0.29, 0.717) is 17.3 Å². The van der Waals surface area contributed by atoms with Gasteiger partial charge in [0.2, 0.25) is 0 Å². The molecule has 0 aliphatic heterocycles. The molecule has 1 aromatic heterocycles. The minimum Gasteiger partial charge on any atom is -0.464 e. The molecule has 1 unspecified atom stereocenters. The minimum absolute atomic E-state index is 0.332. The summed E-state index contributed by atoms with van der Waals surface area (Å²) in [5.74, 6) is -0.341. The second kappa shape index (κ2) is 6.54. The zero-order valence-corrected chi connectivity index (χ0v) is 11.9. The van der Waals surface area contributed by atoms with Crippen molar-refractivity contribution in [1.82, 2.24) is 4.98 Å². The molecule has 4 nitrogen and oxygen atoms in total. The molecule has 0 radical (unpaired) electrons. The van der Waals surface area contributed by atoms with Crippen LogP contribution in [-0.2, 0) is 9.53 Å². The highest BCUT2D eigenvalue weighted by Crippen LogP contribution is 2.28. The van der Waals surface area contributed by atoms with Crippen molar-refractivity contribution < 1.29 is 9.53 Å². The van der Waals surface area contributed by atoms with E-state index in [-0.39, 0.29) is 5.97 Å². The Bertz CT molecular complexity index is 545. The number of aromatic nitrogens is 1. The van der Waals surface area contributed by atoms with Crippen molar-refractivity contribution in [3.8, 4) is 0 Å². The average molecular weight is 297 g/mol. The standard InChI is InChI=1S/C13H13ClN2O2S/c1-2-18-13(17)12(11-7-15-8-19-11)16-10-6-4-3-5-9(10)14/h3-8,12,16H,2H2,1H3. The number of ether oxygens (including phenoxy) is 1. The molecule has 0 saturated heterocycles. The predicted molar refractivity (Wildman–Crippen MR) is 76.6 cm³/mol. The van der Waals surface area contributed by atoms with E-state index >= 15 is 0 Å². The first-order valence-electron chi connectivity index (χ1n) is 5.78. The molecule has 19 heavy (non-hydrogen) atoms. The van der Waals surface area contributed by atoms with Gasteiger partial charge in [0.15, 0.2) is 6.04 Å². The number of hydrogen-bond acceptors (Lipinski definition) is 5. The van der Waals surface area contributed by atoms with Crippen LogP contribution in [0.25, 0.3) is 0 Å². The van der Waals surface area contributed by atoms with Gasteiger partial charge in [-0.25, -0.2) is 4.79 Å². The lowest BCUT2D eigenvalue weighted by atomic mass is 10.2. The Morgan fingerprint density at radius 2 is 2.32 bits per heavy atom. The largest absolute Gasteiger partial charge is 0.464 e. The van der Waals surface area contributed by atoms with Gasteiger partial charge in [0, 0.05) is 6.20 Å². The van der Waals surface area contributed by atoms with Crippen LogP contribution in [0.4, 0.5) is 5.69 Å². The van der Waals surface area contributed by atoms with Gasteiger partial charge in [-0.3, -0.25) is 4.98 Å². The number of nitrogens with zero attached hydrogens (tertiary/aromatic N) is 1. The number of rotatable bonds is 5. The smallest absolute Gasteiger partial charge is 0.334 e. The molecule has 1 atom stereocenters. The summed E-state index contributed by atoms with van der Waals surface area (Å²) in [7, 11) is 0. The fraction of sp³-hybridized carbons (Fsp3) is 0.231. The first-order chi connectivity index (χ1) is 9.22. The maximum absolute atomic E-state index is 12.0. The molecule has 0 aliphatic rings. The molecule has 0 saturated carbocycles. The van der Waals surface area contributed by atoms with Gasteiger partial charge in [-0.15, -0.1) is 11.3 Å². The normalized spacial score (nSPS) is 11.9. The number of anilines is 1. The van der Waals surface area contributed by atoms with Gasteiger partial charge in [-0.2, -0.15) is 0 Å². The van der Waals surface area contributed by atoms with E-state index < -0.39 is 6.04 Å². The van der Waals surface area contributed by atoms with Crippen LogP contribution in [0.3, 0.4) is 0 Å². The number of benzene rings is 1. The molecule has 0 fully saturated rings. The van der Waals surface area contributed by atoms with Gasteiger partial charge in [0.05, 0.1) is 27.7 Å². The Balaban J connectivity index is 2.24. The number of hydrogen-bond donors (Lipinski definition) is 1. The molecule has 0 spiro atoms. The van der Waals surface area contributed by atoms with Crippen LogP contribution in [0.15, 0.2) is 36.0 Å². The lowest BCUT2D eigenvalue weighted by Crippen LogP contribution is -2.22. The third-order valence-corrected chi connectivity index (χ3v) is 3.60. The van der Waals surface area contributed by atoms with Gasteiger partial charge < -0.3 is 10.1 Å². The lowest BCUT2D eigenvalue weighted by Gasteiger charge is -2.17. The molecule has 2 aromatic rings. The van der Waals surface area contributed by atoms with Gasteiger partial charge >= 0.3 is 5.97 Å². The third kappa shape index (κ3) is 3.45. The number of carbonyl (C=O) groups is 1. The molecule has 1 heterocycles.